The van der Waals surface area contributed by atoms with E-state index in [2.05, 4.69) is 15.9 Å². The van der Waals surface area contributed by atoms with Gasteiger partial charge in [-0.2, -0.15) is 0 Å². The van der Waals surface area contributed by atoms with Crippen LogP contribution < -0.4 is 9.47 Å². The molecule has 0 radical (unpaired) electrons. The summed E-state index contributed by atoms with van der Waals surface area (Å²) in [5.41, 5.74) is 2.63. The summed E-state index contributed by atoms with van der Waals surface area (Å²) in [5, 5.41) is 0. The summed E-state index contributed by atoms with van der Waals surface area (Å²) in [7, 11) is 0. The summed E-state index contributed by atoms with van der Waals surface area (Å²) in [5.74, 6) is 0.368. The average Bonchev–Trinajstić information content (AvgIpc) is 2.75. The second-order valence-electron chi connectivity index (χ2n) is 6.03. The lowest BCUT2D eigenvalue weighted by Gasteiger charge is -2.09. The van der Waals surface area contributed by atoms with Crippen LogP contribution in [0.5, 0.6) is 11.5 Å². The average molecular weight is 494 g/mol. The molecule has 0 aliphatic rings. The first-order chi connectivity index (χ1) is 14.0. The normalized spacial score (nSPS) is 10.4. The molecule has 3 rings (SSSR count). The molecule has 148 valence electrons. The minimum absolute atomic E-state index is 0.308. The van der Waals surface area contributed by atoms with E-state index in [4.69, 9.17) is 32.7 Å². The smallest absolute Gasteiger partial charge is 0.343 e. The van der Waals surface area contributed by atoms with Crippen molar-refractivity contribution < 1.29 is 19.1 Å². The summed E-state index contributed by atoms with van der Waals surface area (Å²) in [6, 6.07) is 18.3. The van der Waals surface area contributed by atoms with Crippen molar-refractivity contribution in [3.63, 3.8) is 0 Å². The predicted molar refractivity (Wildman–Crippen MR) is 116 cm³/mol. The minimum Gasteiger partial charge on any atom is -0.423 e. The van der Waals surface area contributed by atoms with E-state index < -0.39 is 11.9 Å². The standard InChI is InChI=1S/C22H15BrCl2O4/c23-19-11-18(28-21(26)16-5-1-14(12-24)2-6-16)9-10-20(19)29-22(27)17-7-3-15(13-25)4-8-17/h1-11H,12-13H2. The van der Waals surface area contributed by atoms with Crippen molar-refractivity contribution in [2.45, 2.75) is 11.8 Å². The molecule has 3 aromatic carbocycles. The third kappa shape index (κ3) is 5.60. The van der Waals surface area contributed by atoms with Crippen LogP contribution in [0.2, 0.25) is 0 Å². The van der Waals surface area contributed by atoms with Crippen molar-refractivity contribution in [2.75, 3.05) is 0 Å². The van der Waals surface area contributed by atoms with Crippen molar-refractivity contribution in [3.05, 3.63) is 93.5 Å². The van der Waals surface area contributed by atoms with Crippen LogP contribution in [0.4, 0.5) is 0 Å². The van der Waals surface area contributed by atoms with Gasteiger partial charge in [-0.15, -0.1) is 23.2 Å². The molecule has 0 amide bonds. The summed E-state index contributed by atoms with van der Waals surface area (Å²) >= 11 is 14.8. The van der Waals surface area contributed by atoms with Gasteiger partial charge in [0, 0.05) is 11.8 Å². The Bertz CT molecular complexity index is 1020. The van der Waals surface area contributed by atoms with E-state index in [0.29, 0.717) is 38.9 Å². The number of alkyl halides is 2. The van der Waals surface area contributed by atoms with E-state index in [1.807, 2.05) is 0 Å². The van der Waals surface area contributed by atoms with Gasteiger partial charge >= 0.3 is 11.9 Å². The van der Waals surface area contributed by atoms with Gasteiger partial charge in [-0.25, -0.2) is 9.59 Å². The molecule has 0 aliphatic heterocycles. The summed E-state index contributed by atoms with van der Waals surface area (Å²) in [6.07, 6.45) is 0. The van der Waals surface area contributed by atoms with Gasteiger partial charge in [-0.1, -0.05) is 24.3 Å². The second-order valence-corrected chi connectivity index (χ2v) is 7.42. The van der Waals surface area contributed by atoms with Crippen LogP contribution in [0, 0.1) is 0 Å². The molecule has 0 aliphatic carbocycles. The van der Waals surface area contributed by atoms with Gasteiger partial charge in [0.15, 0.2) is 0 Å². The van der Waals surface area contributed by atoms with Crippen molar-refractivity contribution in [3.8, 4) is 11.5 Å². The predicted octanol–water partition coefficient (Wildman–Crippen LogP) is 6.37. The fraction of sp³-hybridized carbons (Fsp3) is 0.0909. The molecule has 0 bridgehead atoms. The zero-order chi connectivity index (χ0) is 20.8. The zero-order valence-corrected chi connectivity index (χ0v) is 18.1. The number of rotatable bonds is 6. The van der Waals surface area contributed by atoms with E-state index in [-0.39, 0.29) is 0 Å². The van der Waals surface area contributed by atoms with Crippen LogP contribution in [0.15, 0.2) is 71.2 Å². The van der Waals surface area contributed by atoms with Crippen LogP contribution in [0.25, 0.3) is 0 Å². The lowest BCUT2D eigenvalue weighted by atomic mass is 10.1. The Hall–Kier alpha value is -2.34. The van der Waals surface area contributed by atoms with Crippen LogP contribution in [-0.2, 0) is 11.8 Å². The van der Waals surface area contributed by atoms with Gasteiger partial charge in [0.1, 0.15) is 11.5 Å². The van der Waals surface area contributed by atoms with Gasteiger partial charge in [-0.3, -0.25) is 0 Å². The Balaban J connectivity index is 1.67. The molecule has 4 nitrogen and oxygen atoms in total. The van der Waals surface area contributed by atoms with E-state index in [1.165, 1.54) is 0 Å². The number of ether oxygens (including phenoxy) is 2. The van der Waals surface area contributed by atoms with E-state index >= 15 is 0 Å². The number of carbonyl (C=O) groups excluding carboxylic acids is 2. The van der Waals surface area contributed by atoms with Gasteiger partial charge in [-0.05, 0) is 69.5 Å². The maximum Gasteiger partial charge on any atom is 0.343 e. The van der Waals surface area contributed by atoms with Crippen molar-refractivity contribution in [1.29, 1.82) is 0 Å². The number of hydrogen-bond donors (Lipinski definition) is 0. The molecule has 7 heteroatoms. The van der Waals surface area contributed by atoms with Gasteiger partial charge in [0.2, 0.25) is 0 Å². The highest BCUT2D eigenvalue weighted by atomic mass is 79.9. The maximum absolute atomic E-state index is 12.3. The molecule has 0 saturated heterocycles. The van der Waals surface area contributed by atoms with Gasteiger partial charge in [0.25, 0.3) is 0 Å². The molecule has 3 aromatic rings. The lowest BCUT2D eigenvalue weighted by Crippen LogP contribution is -2.10. The highest BCUT2D eigenvalue weighted by Gasteiger charge is 2.14. The fourth-order valence-corrected chi connectivity index (χ4v) is 3.21. The molecule has 0 aromatic heterocycles. The van der Waals surface area contributed by atoms with Gasteiger partial charge in [0.05, 0.1) is 15.6 Å². The van der Waals surface area contributed by atoms with Crippen LogP contribution >= 0.6 is 39.1 Å². The topological polar surface area (TPSA) is 52.6 Å². The fourth-order valence-electron chi connectivity index (χ4n) is 2.41. The molecule has 0 spiro atoms. The first kappa shape index (κ1) is 21.4. The van der Waals surface area contributed by atoms with Gasteiger partial charge < -0.3 is 9.47 Å². The van der Waals surface area contributed by atoms with Crippen LogP contribution in [0.3, 0.4) is 0 Å². The SMILES string of the molecule is O=C(Oc1ccc(OC(=O)c2ccc(CCl)cc2)c(Br)c1)c1ccc(CCl)cc1. The van der Waals surface area contributed by atoms with E-state index in [0.717, 1.165) is 11.1 Å². The lowest BCUT2D eigenvalue weighted by molar-refractivity contribution is 0.0718. The van der Waals surface area contributed by atoms with Crippen molar-refractivity contribution in [2.24, 2.45) is 0 Å². The molecule has 0 atom stereocenters. The Morgan fingerprint density at radius 1 is 0.724 bits per heavy atom. The second kappa shape index (κ2) is 9.92. The summed E-state index contributed by atoms with van der Waals surface area (Å²) in [4.78, 5) is 24.6. The van der Waals surface area contributed by atoms with Crippen LogP contribution in [0.1, 0.15) is 31.8 Å². The van der Waals surface area contributed by atoms with E-state index in [1.54, 1.807) is 66.7 Å². The summed E-state index contributed by atoms with van der Waals surface area (Å²) in [6.45, 7) is 0. The Labute approximate surface area is 186 Å². The molecule has 0 fully saturated rings. The first-order valence-corrected chi connectivity index (χ1v) is 10.4. The largest absolute Gasteiger partial charge is 0.423 e. The highest BCUT2D eigenvalue weighted by Crippen LogP contribution is 2.30. The molecular weight excluding hydrogens is 479 g/mol. The summed E-state index contributed by atoms with van der Waals surface area (Å²) < 4.78 is 11.3. The highest BCUT2D eigenvalue weighted by molar-refractivity contribution is 9.10. The molecule has 0 heterocycles. The van der Waals surface area contributed by atoms with Crippen molar-refractivity contribution >= 4 is 51.1 Å². The third-order valence-electron chi connectivity index (χ3n) is 4.00. The molecule has 0 unspecified atom stereocenters. The Kier molecular flexibility index (Phi) is 7.31. The first-order valence-electron chi connectivity index (χ1n) is 8.54. The molecular formula is C22H15BrCl2O4. The number of hydrogen-bond acceptors (Lipinski definition) is 4. The minimum atomic E-state index is -0.504. The number of carbonyl (C=O) groups is 2. The third-order valence-corrected chi connectivity index (χ3v) is 5.24. The monoisotopic (exact) mass is 492 g/mol. The molecule has 0 N–H and O–H groups in total. The Morgan fingerprint density at radius 2 is 1.21 bits per heavy atom. The quantitative estimate of drug-likeness (QED) is 0.227. The molecule has 0 saturated carbocycles. The molecule has 29 heavy (non-hydrogen) atoms. The van der Waals surface area contributed by atoms with E-state index in [9.17, 15) is 9.59 Å². The van der Waals surface area contributed by atoms with Crippen LogP contribution in [-0.4, -0.2) is 11.9 Å². The maximum atomic E-state index is 12.3. The number of benzene rings is 3. The number of halogens is 3. The zero-order valence-electron chi connectivity index (χ0n) is 15.0. The Morgan fingerprint density at radius 3 is 1.66 bits per heavy atom. The number of esters is 2. The van der Waals surface area contributed by atoms with Crippen molar-refractivity contribution in [1.82, 2.24) is 0 Å².